The highest BCUT2D eigenvalue weighted by Gasteiger charge is 2.25. The lowest BCUT2D eigenvalue weighted by atomic mass is 10.1. The van der Waals surface area contributed by atoms with E-state index < -0.39 is 6.04 Å². The van der Waals surface area contributed by atoms with Crippen LogP contribution in [0.1, 0.15) is 44.2 Å². The van der Waals surface area contributed by atoms with Crippen molar-refractivity contribution < 1.29 is 14.3 Å². The predicted molar refractivity (Wildman–Crippen MR) is 121 cm³/mol. The van der Waals surface area contributed by atoms with Gasteiger partial charge >= 0.3 is 0 Å². The van der Waals surface area contributed by atoms with Crippen LogP contribution in [0.25, 0.3) is 0 Å². The van der Waals surface area contributed by atoms with Crippen molar-refractivity contribution in [2.75, 3.05) is 19.7 Å². The van der Waals surface area contributed by atoms with E-state index in [-0.39, 0.29) is 11.8 Å². The van der Waals surface area contributed by atoms with Gasteiger partial charge in [0.15, 0.2) is 0 Å². The zero-order valence-electron chi connectivity index (χ0n) is 18.4. The highest BCUT2D eigenvalue weighted by atomic mass is 16.5. The van der Waals surface area contributed by atoms with Crippen molar-refractivity contribution in [3.05, 3.63) is 65.7 Å². The molecule has 1 unspecified atom stereocenters. The van der Waals surface area contributed by atoms with E-state index in [0.29, 0.717) is 32.5 Å². The second kappa shape index (κ2) is 12.7. The molecule has 2 rings (SSSR count). The number of carbonyl (C=O) groups excluding carboxylic acids is 2. The van der Waals surface area contributed by atoms with Crippen LogP contribution in [-0.2, 0) is 16.0 Å². The van der Waals surface area contributed by atoms with E-state index in [2.05, 4.69) is 5.32 Å². The fourth-order valence-corrected chi connectivity index (χ4v) is 3.16. The minimum absolute atomic E-state index is 0.0161. The Morgan fingerprint density at radius 1 is 1.07 bits per heavy atom. The summed E-state index contributed by atoms with van der Waals surface area (Å²) in [5, 5.41) is 2.90. The molecule has 0 bridgehead atoms. The molecule has 0 heterocycles. The van der Waals surface area contributed by atoms with Crippen molar-refractivity contribution in [3.8, 4) is 5.75 Å². The maximum atomic E-state index is 12.9. The van der Waals surface area contributed by atoms with Crippen LogP contribution in [-0.4, -0.2) is 42.5 Å². The fourth-order valence-electron chi connectivity index (χ4n) is 3.16. The molecule has 2 amide bonds. The van der Waals surface area contributed by atoms with Gasteiger partial charge in [-0.25, -0.2) is 0 Å². The predicted octanol–water partition coefficient (Wildman–Crippen LogP) is 4.14. The number of nitrogens with zero attached hydrogens (tertiary/aromatic N) is 1. The summed E-state index contributed by atoms with van der Waals surface area (Å²) < 4.78 is 5.73. The number of nitrogens with one attached hydrogen (secondary N) is 1. The normalized spacial score (nSPS) is 11.6. The van der Waals surface area contributed by atoms with Gasteiger partial charge in [-0.3, -0.25) is 9.59 Å². The lowest BCUT2D eigenvalue weighted by Gasteiger charge is -2.29. The number of aryl methyl sites for hydroxylation is 1. The third-order valence-electron chi connectivity index (χ3n) is 5.03. The van der Waals surface area contributed by atoms with Crippen LogP contribution in [0, 0.1) is 6.92 Å². The van der Waals surface area contributed by atoms with Crippen LogP contribution < -0.4 is 10.1 Å². The van der Waals surface area contributed by atoms with Gasteiger partial charge in [-0.2, -0.15) is 0 Å². The minimum Gasteiger partial charge on any atom is -0.494 e. The van der Waals surface area contributed by atoms with Crippen molar-refractivity contribution >= 4 is 11.8 Å². The van der Waals surface area contributed by atoms with Crippen molar-refractivity contribution in [3.63, 3.8) is 0 Å². The first-order chi connectivity index (χ1) is 14.5. The molecule has 5 nitrogen and oxygen atoms in total. The molecule has 0 aliphatic rings. The molecule has 0 spiro atoms. The number of benzene rings is 2. The van der Waals surface area contributed by atoms with Gasteiger partial charge in [0.25, 0.3) is 0 Å². The van der Waals surface area contributed by atoms with E-state index in [9.17, 15) is 9.59 Å². The molecule has 0 fully saturated rings. The smallest absolute Gasteiger partial charge is 0.242 e. The second-order valence-electron chi connectivity index (χ2n) is 7.55. The first-order valence-corrected chi connectivity index (χ1v) is 10.8. The molecule has 2 aromatic rings. The maximum Gasteiger partial charge on any atom is 0.242 e. The first kappa shape index (κ1) is 23.5. The molecule has 1 N–H and O–H groups in total. The Kier molecular flexibility index (Phi) is 9.92. The molecular formula is C25H34N2O3. The molecule has 162 valence electrons. The average molecular weight is 411 g/mol. The Morgan fingerprint density at radius 3 is 2.43 bits per heavy atom. The molecular weight excluding hydrogens is 376 g/mol. The molecule has 5 heteroatoms. The lowest BCUT2D eigenvalue weighted by molar-refractivity contribution is -0.140. The van der Waals surface area contributed by atoms with E-state index in [1.54, 1.807) is 11.8 Å². The second-order valence-corrected chi connectivity index (χ2v) is 7.55. The van der Waals surface area contributed by atoms with E-state index >= 15 is 0 Å². The van der Waals surface area contributed by atoms with Gasteiger partial charge in [-0.1, -0.05) is 55.0 Å². The van der Waals surface area contributed by atoms with Crippen molar-refractivity contribution in [2.24, 2.45) is 0 Å². The fraction of sp³-hybridized carbons (Fsp3) is 0.440. The van der Waals surface area contributed by atoms with Gasteiger partial charge in [0.05, 0.1) is 6.61 Å². The highest BCUT2D eigenvalue weighted by molar-refractivity contribution is 5.87. The Balaban J connectivity index is 1.90. The van der Waals surface area contributed by atoms with Gasteiger partial charge < -0.3 is 15.0 Å². The van der Waals surface area contributed by atoms with Crippen molar-refractivity contribution in [2.45, 2.75) is 52.5 Å². The quantitative estimate of drug-likeness (QED) is 0.535. The number of ether oxygens (including phenoxy) is 1. The first-order valence-electron chi connectivity index (χ1n) is 10.8. The van der Waals surface area contributed by atoms with E-state index in [1.165, 1.54) is 5.56 Å². The van der Waals surface area contributed by atoms with Crippen LogP contribution in [0.2, 0.25) is 0 Å². The summed E-state index contributed by atoms with van der Waals surface area (Å²) >= 11 is 0. The number of amides is 2. The Labute approximate surface area is 180 Å². The Hall–Kier alpha value is -2.82. The molecule has 0 radical (unpaired) electrons. The summed E-state index contributed by atoms with van der Waals surface area (Å²) in [6.07, 6.45) is 2.55. The number of hydrogen-bond acceptors (Lipinski definition) is 3. The van der Waals surface area contributed by atoms with Crippen LogP contribution in [0.3, 0.4) is 0 Å². The summed E-state index contributed by atoms with van der Waals surface area (Å²) in [5.41, 5.74) is 2.33. The molecule has 0 saturated heterocycles. The largest absolute Gasteiger partial charge is 0.494 e. The van der Waals surface area contributed by atoms with Crippen LogP contribution in [0.15, 0.2) is 54.6 Å². The number of rotatable bonds is 12. The molecule has 0 aliphatic heterocycles. The SMILES string of the molecule is CCCNC(=O)C(C)N(CCc1ccccc1)C(=O)CCCOc1ccc(C)cc1. The molecule has 2 aromatic carbocycles. The van der Waals surface area contributed by atoms with E-state index in [4.69, 9.17) is 4.74 Å². The third kappa shape index (κ3) is 7.90. The zero-order valence-corrected chi connectivity index (χ0v) is 18.4. The number of carbonyl (C=O) groups is 2. The maximum absolute atomic E-state index is 12.9. The van der Waals surface area contributed by atoms with Gasteiger partial charge in [0.2, 0.25) is 11.8 Å². The Bertz CT molecular complexity index is 775. The molecule has 1 atom stereocenters. The van der Waals surface area contributed by atoms with Crippen LogP contribution >= 0.6 is 0 Å². The summed E-state index contributed by atoms with van der Waals surface area (Å²) in [5.74, 6) is 0.688. The summed E-state index contributed by atoms with van der Waals surface area (Å²) in [4.78, 5) is 27.1. The standard InChI is InChI=1S/C25H34N2O3/c1-4-17-26-25(29)21(3)27(18-16-22-9-6-5-7-10-22)24(28)11-8-19-30-23-14-12-20(2)13-15-23/h5-7,9-10,12-15,21H,4,8,11,16-19H2,1-3H3,(H,26,29). The summed E-state index contributed by atoms with van der Waals surface area (Å²) in [6.45, 7) is 7.45. The average Bonchev–Trinajstić information content (AvgIpc) is 2.77. The topological polar surface area (TPSA) is 58.6 Å². The summed E-state index contributed by atoms with van der Waals surface area (Å²) in [7, 11) is 0. The van der Waals surface area contributed by atoms with Gasteiger partial charge in [-0.15, -0.1) is 0 Å². The lowest BCUT2D eigenvalue weighted by Crippen LogP contribution is -2.49. The number of hydrogen-bond donors (Lipinski definition) is 1. The van der Waals surface area contributed by atoms with Gasteiger partial charge in [0.1, 0.15) is 11.8 Å². The van der Waals surface area contributed by atoms with Gasteiger partial charge in [0, 0.05) is 19.5 Å². The monoisotopic (exact) mass is 410 g/mol. The molecule has 0 aromatic heterocycles. The molecule has 30 heavy (non-hydrogen) atoms. The molecule has 0 saturated carbocycles. The summed E-state index contributed by atoms with van der Waals surface area (Å²) in [6, 6.07) is 17.4. The van der Waals surface area contributed by atoms with Crippen LogP contribution in [0.5, 0.6) is 5.75 Å². The third-order valence-corrected chi connectivity index (χ3v) is 5.03. The van der Waals surface area contributed by atoms with Crippen molar-refractivity contribution in [1.29, 1.82) is 0 Å². The Morgan fingerprint density at radius 2 is 1.77 bits per heavy atom. The molecule has 0 aliphatic carbocycles. The van der Waals surface area contributed by atoms with Crippen molar-refractivity contribution in [1.82, 2.24) is 10.2 Å². The van der Waals surface area contributed by atoms with Crippen LogP contribution in [0.4, 0.5) is 0 Å². The minimum atomic E-state index is -0.495. The van der Waals surface area contributed by atoms with E-state index in [0.717, 1.165) is 24.2 Å². The highest BCUT2D eigenvalue weighted by Crippen LogP contribution is 2.13. The zero-order chi connectivity index (χ0) is 21.8. The van der Waals surface area contributed by atoms with E-state index in [1.807, 2.05) is 68.4 Å². The van der Waals surface area contributed by atoms with Gasteiger partial charge in [-0.05, 0) is 50.8 Å².